The molecule has 1 amide bonds. The number of methoxy groups -OCH3 is 1. The zero-order chi connectivity index (χ0) is 15.2. The van der Waals surface area contributed by atoms with E-state index in [0.29, 0.717) is 11.4 Å². The van der Waals surface area contributed by atoms with E-state index in [1.165, 1.54) is 13.2 Å². The van der Waals surface area contributed by atoms with E-state index in [-0.39, 0.29) is 18.1 Å². The van der Waals surface area contributed by atoms with Crippen LogP contribution in [0.2, 0.25) is 0 Å². The molecule has 0 aliphatic rings. The van der Waals surface area contributed by atoms with Crippen LogP contribution in [0.3, 0.4) is 0 Å². The second kappa shape index (κ2) is 7.08. The average molecular weight is 353 g/mol. The van der Waals surface area contributed by atoms with Gasteiger partial charge in [-0.05, 0) is 30.3 Å². The first kappa shape index (κ1) is 15.3. The molecule has 0 heterocycles. The van der Waals surface area contributed by atoms with Crippen molar-refractivity contribution in [1.82, 2.24) is 0 Å². The molecule has 2 rings (SSSR count). The van der Waals surface area contributed by atoms with Gasteiger partial charge in [0.1, 0.15) is 11.6 Å². The Bertz CT molecular complexity index is 649. The summed E-state index contributed by atoms with van der Waals surface area (Å²) in [6, 6.07) is 11.6. The van der Waals surface area contributed by atoms with Crippen LogP contribution in [-0.4, -0.2) is 19.6 Å². The van der Waals surface area contributed by atoms with Crippen molar-refractivity contribution in [1.29, 1.82) is 0 Å². The van der Waals surface area contributed by atoms with Crippen LogP contribution >= 0.6 is 15.9 Å². The molecule has 0 spiro atoms. The number of nitrogens with one attached hydrogen (secondary N) is 2. The normalized spacial score (nSPS) is 10.0. The molecule has 0 unspecified atom stereocenters. The first-order valence-electron chi connectivity index (χ1n) is 6.22. The van der Waals surface area contributed by atoms with E-state index in [1.807, 2.05) is 6.07 Å². The number of benzene rings is 2. The van der Waals surface area contributed by atoms with Gasteiger partial charge in [-0.3, -0.25) is 4.79 Å². The number of carbonyl (C=O) groups excluding carboxylic acids is 1. The molecule has 0 bridgehead atoms. The second-order valence-electron chi connectivity index (χ2n) is 4.23. The summed E-state index contributed by atoms with van der Waals surface area (Å²) < 4.78 is 19.4. The number of hydrogen-bond donors (Lipinski definition) is 2. The summed E-state index contributed by atoms with van der Waals surface area (Å²) in [6.45, 7) is -0.0502. The van der Waals surface area contributed by atoms with Crippen LogP contribution in [0.15, 0.2) is 46.9 Å². The van der Waals surface area contributed by atoms with Crippen molar-refractivity contribution in [3.8, 4) is 5.75 Å². The van der Waals surface area contributed by atoms with E-state index in [1.54, 1.807) is 30.3 Å². The third-order valence-electron chi connectivity index (χ3n) is 2.75. The zero-order valence-corrected chi connectivity index (χ0v) is 12.9. The van der Waals surface area contributed by atoms with Crippen molar-refractivity contribution < 1.29 is 13.9 Å². The number of para-hydroxylation sites is 2. The molecule has 110 valence electrons. The maximum Gasteiger partial charge on any atom is 0.243 e. The van der Waals surface area contributed by atoms with E-state index >= 15 is 0 Å². The first-order chi connectivity index (χ1) is 10.1. The predicted molar refractivity (Wildman–Crippen MR) is 84.2 cm³/mol. The van der Waals surface area contributed by atoms with E-state index in [4.69, 9.17) is 4.74 Å². The molecule has 2 N–H and O–H groups in total. The number of carbonyl (C=O) groups is 1. The summed E-state index contributed by atoms with van der Waals surface area (Å²) >= 11 is 3.25. The third-order valence-corrected chi connectivity index (χ3v) is 3.24. The van der Waals surface area contributed by atoms with E-state index < -0.39 is 5.82 Å². The van der Waals surface area contributed by atoms with Gasteiger partial charge in [0.05, 0.1) is 25.0 Å². The van der Waals surface area contributed by atoms with Crippen molar-refractivity contribution in [3.05, 3.63) is 52.8 Å². The minimum absolute atomic E-state index is 0.0502. The number of halogens is 2. The van der Waals surface area contributed by atoms with Gasteiger partial charge in [0.2, 0.25) is 5.91 Å². The lowest BCUT2D eigenvalue weighted by Crippen LogP contribution is -2.22. The van der Waals surface area contributed by atoms with Crippen molar-refractivity contribution in [2.24, 2.45) is 0 Å². The Morgan fingerprint density at radius 2 is 2.00 bits per heavy atom. The molecule has 0 radical (unpaired) electrons. The maximum atomic E-state index is 13.5. The average Bonchev–Trinajstić information content (AvgIpc) is 2.49. The smallest absolute Gasteiger partial charge is 0.243 e. The van der Waals surface area contributed by atoms with Gasteiger partial charge in [-0.15, -0.1) is 0 Å². The Balaban J connectivity index is 1.97. The fraction of sp³-hybridized carbons (Fsp3) is 0.133. The molecule has 0 saturated heterocycles. The molecule has 0 fully saturated rings. The molecule has 4 nitrogen and oxygen atoms in total. The van der Waals surface area contributed by atoms with Crippen molar-refractivity contribution >= 4 is 33.2 Å². The van der Waals surface area contributed by atoms with Crippen LogP contribution < -0.4 is 15.4 Å². The largest absolute Gasteiger partial charge is 0.495 e. The molecule has 0 aromatic heterocycles. The highest BCUT2D eigenvalue weighted by atomic mass is 79.9. The summed E-state index contributed by atoms with van der Waals surface area (Å²) in [5.41, 5.74) is 0.834. The second-order valence-corrected chi connectivity index (χ2v) is 5.14. The maximum absolute atomic E-state index is 13.5. The topological polar surface area (TPSA) is 50.4 Å². The van der Waals surface area contributed by atoms with Gasteiger partial charge in [-0.25, -0.2) is 4.39 Å². The molecule has 21 heavy (non-hydrogen) atoms. The molecular weight excluding hydrogens is 339 g/mol. The Hall–Kier alpha value is -2.08. The molecule has 2 aromatic rings. The number of hydrogen-bond acceptors (Lipinski definition) is 3. The van der Waals surface area contributed by atoms with Crippen molar-refractivity contribution in [3.63, 3.8) is 0 Å². The van der Waals surface area contributed by atoms with Crippen LogP contribution in [0.1, 0.15) is 0 Å². The Labute approximate surface area is 130 Å². The highest BCUT2D eigenvalue weighted by molar-refractivity contribution is 9.10. The monoisotopic (exact) mass is 352 g/mol. The summed E-state index contributed by atoms with van der Waals surface area (Å²) in [5.74, 6) is -0.137. The molecule has 0 aliphatic heterocycles. The van der Waals surface area contributed by atoms with Gasteiger partial charge in [0, 0.05) is 4.47 Å². The fourth-order valence-electron chi connectivity index (χ4n) is 1.75. The van der Waals surface area contributed by atoms with Gasteiger partial charge >= 0.3 is 0 Å². The van der Waals surface area contributed by atoms with E-state index in [2.05, 4.69) is 26.6 Å². The summed E-state index contributed by atoms with van der Waals surface area (Å²) in [6.07, 6.45) is 0. The Kier molecular flexibility index (Phi) is 5.16. The van der Waals surface area contributed by atoms with Crippen LogP contribution in [-0.2, 0) is 4.79 Å². The number of amides is 1. The molecule has 2 aromatic carbocycles. The Morgan fingerprint density at radius 3 is 2.76 bits per heavy atom. The fourth-order valence-corrected chi connectivity index (χ4v) is 2.11. The standard InChI is InChI=1S/C15H14BrFN2O2/c1-21-14-5-3-2-4-12(14)19-15(20)9-18-13-8-10(16)6-7-11(13)17/h2-8,18H,9H2,1H3,(H,19,20). The van der Waals surface area contributed by atoms with Gasteiger partial charge in [0.15, 0.2) is 0 Å². The SMILES string of the molecule is COc1ccccc1NC(=O)CNc1cc(Br)ccc1F. The first-order valence-corrected chi connectivity index (χ1v) is 7.01. The van der Waals surface area contributed by atoms with Gasteiger partial charge in [0.25, 0.3) is 0 Å². The van der Waals surface area contributed by atoms with Crippen LogP contribution in [0.25, 0.3) is 0 Å². The summed E-state index contributed by atoms with van der Waals surface area (Å²) in [4.78, 5) is 11.9. The summed E-state index contributed by atoms with van der Waals surface area (Å²) in [7, 11) is 1.53. The minimum atomic E-state index is -0.414. The van der Waals surface area contributed by atoms with Crippen molar-refractivity contribution in [2.45, 2.75) is 0 Å². The molecule has 0 saturated carbocycles. The molecule has 0 atom stereocenters. The lowest BCUT2D eigenvalue weighted by atomic mass is 10.3. The quantitative estimate of drug-likeness (QED) is 0.863. The van der Waals surface area contributed by atoms with Crippen LogP contribution in [0.4, 0.5) is 15.8 Å². The van der Waals surface area contributed by atoms with Gasteiger partial charge in [-0.1, -0.05) is 28.1 Å². The van der Waals surface area contributed by atoms with Crippen LogP contribution in [0.5, 0.6) is 5.75 Å². The van der Waals surface area contributed by atoms with E-state index in [0.717, 1.165) is 4.47 Å². The van der Waals surface area contributed by atoms with E-state index in [9.17, 15) is 9.18 Å². The molecule has 0 aliphatic carbocycles. The van der Waals surface area contributed by atoms with Gasteiger partial charge in [-0.2, -0.15) is 0 Å². The highest BCUT2D eigenvalue weighted by Crippen LogP contribution is 2.23. The van der Waals surface area contributed by atoms with Gasteiger partial charge < -0.3 is 15.4 Å². The van der Waals surface area contributed by atoms with Crippen molar-refractivity contribution in [2.75, 3.05) is 24.3 Å². The number of ether oxygens (including phenoxy) is 1. The third kappa shape index (κ3) is 4.19. The van der Waals surface area contributed by atoms with Crippen LogP contribution in [0, 0.1) is 5.82 Å². The number of rotatable bonds is 5. The lowest BCUT2D eigenvalue weighted by molar-refractivity contribution is -0.114. The predicted octanol–water partition coefficient (Wildman–Crippen LogP) is 3.65. The number of anilines is 2. The minimum Gasteiger partial charge on any atom is -0.495 e. The zero-order valence-electron chi connectivity index (χ0n) is 11.3. The Morgan fingerprint density at radius 1 is 1.24 bits per heavy atom. The molecular formula is C15H14BrFN2O2. The molecule has 6 heteroatoms. The summed E-state index contributed by atoms with van der Waals surface area (Å²) in [5, 5.41) is 5.46. The highest BCUT2D eigenvalue weighted by Gasteiger charge is 2.08. The lowest BCUT2D eigenvalue weighted by Gasteiger charge is -2.11.